The van der Waals surface area contributed by atoms with E-state index in [2.05, 4.69) is 0 Å². The van der Waals surface area contributed by atoms with Crippen LogP contribution >= 0.6 is 11.6 Å². The zero-order valence-corrected chi connectivity index (χ0v) is 8.44. The van der Waals surface area contributed by atoms with E-state index < -0.39 is 12.7 Å². The molecular formula is C8H13ClF3NO. The molecule has 1 unspecified atom stereocenters. The van der Waals surface area contributed by atoms with Crippen LogP contribution in [-0.4, -0.2) is 49.3 Å². The van der Waals surface area contributed by atoms with Crippen molar-refractivity contribution in [2.24, 2.45) is 0 Å². The third-order valence-corrected chi connectivity index (χ3v) is 2.35. The van der Waals surface area contributed by atoms with E-state index in [1.54, 1.807) is 0 Å². The Labute approximate surface area is 86.0 Å². The van der Waals surface area contributed by atoms with E-state index in [0.29, 0.717) is 19.6 Å². The molecule has 1 aliphatic rings. The second kappa shape index (κ2) is 5.19. The Bertz CT molecular complexity index is 170. The predicted molar refractivity (Wildman–Crippen MR) is 47.6 cm³/mol. The summed E-state index contributed by atoms with van der Waals surface area (Å²) < 4.78 is 41.5. The highest BCUT2D eigenvalue weighted by molar-refractivity contribution is 6.18. The van der Waals surface area contributed by atoms with Crippen LogP contribution in [0.15, 0.2) is 0 Å². The third-order valence-electron chi connectivity index (χ3n) is 2.18. The monoisotopic (exact) mass is 231 g/mol. The van der Waals surface area contributed by atoms with Crippen LogP contribution in [0.4, 0.5) is 13.2 Å². The van der Waals surface area contributed by atoms with Crippen LogP contribution in [-0.2, 0) is 4.74 Å². The molecule has 0 saturated carbocycles. The second-order valence-electron chi connectivity index (χ2n) is 3.29. The smallest absolute Gasteiger partial charge is 0.380 e. The molecule has 2 nitrogen and oxygen atoms in total. The molecule has 0 amide bonds. The van der Waals surface area contributed by atoms with Crippen molar-refractivity contribution in [2.45, 2.75) is 18.6 Å². The lowest BCUT2D eigenvalue weighted by atomic mass is 10.2. The Morgan fingerprint density at radius 2 is 2.14 bits per heavy atom. The van der Waals surface area contributed by atoms with E-state index in [1.165, 1.54) is 4.90 Å². The molecule has 1 rings (SSSR count). The molecule has 14 heavy (non-hydrogen) atoms. The summed E-state index contributed by atoms with van der Waals surface area (Å²) >= 11 is 5.45. The van der Waals surface area contributed by atoms with E-state index in [1.807, 2.05) is 0 Å². The molecule has 1 saturated heterocycles. The van der Waals surface area contributed by atoms with Gasteiger partial charge in [0.05, 0.1) is 13.2 Å². The first kappa shape index (κ1) is 12.1. The van der Waals surface area contributed by atoms with E-state index >= 15 is 0 Å². The maximum Gasteiger partial charge on any atom is 0.401 e. The fourth-order valence-electron chi connectivity index (χ4n) is 1.54. The van der Waals surface area contributed by atoms with Gasteiger partial charge in [0.25, 0.3) is 0 Å². The van der Waals surface area contributed by atoms with E-state index in [0.717, 1.165) is 0 Å². The van der Waals surface area contributed by atoms with Crippen molar-refractivity contribution >= 4 is 11.6 Å². The molecule has 1 atom stereocenters. The van der Waals surface area contributed by atoms with Crippen LogP contribution in [0.25, 0.3) is 0 Å². The number of rotatable bonds is 4. The highest BCUT2D eigenvalue weighted by Crippen LogP contribution is 2.21. The summed E-state index contributed by atoms with van der Waals surface area (Å²) in [5, 5.41) is 0. The van der Waals surface area contributed by atoms with Crippen molar-refractivity contribution in [3.8, 4) is 0 Å². The molecule has 0 N–H and O–H groups in total. The summed E-state index contributed by atoms with van der Waals surface area (Å²) in [4.78, 5) is 1.35. The highest BCUT2D eigenvalue weighted by atomic mass is 35.5. The minimum atomic E-state index is -4.16. The normalized spacial score (nSPS) is 23.4. The summed E-state index contributed by atoms with van der Waals surface area (Å²) in [6.45, 7) is 0.289. The van der Waals surface area contributed by atoms with Crippen molar-refractivity contribution in [3.05, 3.63) is 0 Å². The van der Waals surface area contributed by atoms with Gasteiger partial charge in [-0.1, -0.05) is 0 Å². The predicted octanol–water partition coefficient (Wildman–Crippen LogP) is 1.88. The Morgan fingerprint density at radius 1 is 1.43 bits per heavy atom. The summed E-state index contributed by atoms with van der Waals surface area (Å²) in [5.74, 6) is 0.215. The van der Waals surface area contributed by atoms with Crippen LogP contribution in [0, 0.1) is 0 Å². The minimum Gasteiger partial charge on any atom is -0.380 e. The molecule has 0 radical (unpaired) electrons. The highest BCUT2D eigenvalue weighted by Gasteiger charge is 2.34. The molecule has 0 bridgehead atoms. The molecule has 1 aliphatic heterocycles. The Morgan fingerprint density at radius 3 is 2.57 bits per heavy atom. The average molecular weight is 232 g/mol. The molecule has 0 aliphatic carbocycles. The third kappa shape index (κ3) is 4.02. The maximum atomic E-state index is 12.2. The lowest BCUT2D eigenvalue weighted by Gasteiger charge is -2.27. The van der Waals surface area contributed by atoms with Gasteiger partial charge in [-0.25, -0.2) is 0 Å². The fourth-order valence-corrected chi connectivity index (χ4v) is 1.76. The Kier molecular flexibility index (Phi) is 4.47. The molecule has 0 spiro atoms. The van der Waals surface area contributed by atoms with Gasteiger partial charge in [0.15, 0.2) is 0 Å². The number of nitrogens with zero attached hydrogens (tertiary/aromatic N) is 1. The maximum absolute atomic E-state index is 12.2. The standard InChI is InChI=1S/C8H13ClF3NO/c9-2-3-13(6-8(10,11)12)7-1-4-14-5-7/h7H,1-6H2. The van der Waals surface area contributed by atoms with Crippen molar-refractivity contribution in [2.75, 3.05) is 32.2 Å². The molecule has 1 heterocycles. The minimum absolute atomic E-state index is 0.129. The molecule has 0 aromatic heterocycles. The number of ether oxygens (including phenoxy) is 1. The van der Waals surface area contributed by atoms with Gasteiger partial charge in [-0.3, -0.25) is 4.90 Å². The van der Waals surface area contributed by atoms with Gasteiger partial charge in [0.1, 0.15) is 0 Å². The summed E-state index contributed by atoms with van der Waals surface area (Å²) in [6, 6.07) is -0.129. The lowest BCUT2D eigenvalue weighted by molar-refractivity contribution is -0.150. The van der Waals surface area contributed by atoms with E-state index in [4.69, 9.17) is 16.3 Å². The van der Waals surface area contributed by atoms with Gasteiger partial charge in [-0.05, 0) is 6.42 Å². The van der Waals surface area contributed by atoms with Gasteiger partial charge in [0, 0.05) is 25.1 Å². The first-order chi connectivity index (χ1) is 6.53. The number of hydrogen-bond acceptors (Lipinski definition) is 2. The summed E-state index contributed by atoms with van der Waals surface area (Å²) in [7, 11) is 0. The van der Waals surface area contributed by atoms with Crippen LogP contribution in [0.5, 0.6) is 0 Å². The van der Waals surface area contributed by atoms with Crippen LogP contribution < -0.4 is 0 Å². The van der Waals surface area contributed by atoms with Gasteiger partial charge < -0.3 is 4.74 Å². The molecule has 0 aromatic rings. The topological polar surface area (TPSA) is 12.5 Å². The Hall–Kier alpha value is -0.0000000000000000208. The van der Waals surface area contributed by atoms with Gasteiger partial charge in [0.2, 0.25) is 0 Å². The largest absolute Gasteiger partial charge is 0.401 e. The molecule has 6 heteroatoms. The van der Waals surface area contributed by atoms with Gasteiger partial charge in [-0.2, -0.15) is 13.2 Å². The molecular weight excluding hydrogens is 219 g/mol. The van der Waals surface area contributed by atoms with Gasteiger partial charge >= 0.3 is 6.18 Å². The van der Waals surface area contributed by atoms with Crippen LogP contribution in [0.2, 0.25) is 0 Å². The second-order valence-corrected chi connectivity index (χ2v) is 3.67. The first-order valence-electron chi connectivity index (χ1n) is 4.47. The average Bonchev–Trinajstić information content (AvgIpc) is 2.52. The lowest BCUT2D eigenvalue weighted by Crippen LogP contribution is -2.43. The zero-order chi connectivity index (χ0) is 10.6. The quantitative estimate of drug-likeness (QED) is 0.685. The molecule has 1 fully saturated rings. The zero-order valence-electron chi connectivity index (χ0n) is 7.69. The van der Waals surface area contributed by atoms with Crippen LogP contribution in [0.3, 0.4) is 0 Å². The van der Waals surface area contributed by atoms with Crippen molar-refractivity contribution in [1.29, 1.82) is 0 Å². The van der Waals surface area contributed by atoms with E-state index in [9.17, 15) is 13.2 Å². The van der Waals surface area contributed by atoms with Gasteiger partial charge in [-0.15, -0.1) is 11.6 Å². The van der Waals surface area contributed by atoms with Crippen molar-refractivity contribution < 1.29 is 17.9 Å². The first-order valence-corrected chi connectivity index (χ1v) is 5.01. The van der Waals surface area contributed by atoms with E-state index in [-0.39, 0.29) is 18.5 Å². The SMILES string of the molecule is FC(F)(F)CN(CCCl)C1CCOC1. The molecule has 0 aromatic carbocycles. The van der Waals surface area contributed by atoms with Crippen LogP contribution in [0.1, 0.15) is 6.42 Å². The summed E-state index contributed by atoms with van der Waals surface area (Å²) in [6.07, 6.45) is -3.50. The summed E-state index contributed by atoms with van der Waals surface area (Å²) in [5.41, 5.74) is 0. The number of alkyl halides is 4. The number of hydrogen-bond donors (Lipinski definition) is 0. The Balaban J connectivity index is 2.45. The molecule has 84 valence electrons. The fraction of sp³-hybridized carbons (Fsp3) is 1.00. The van der Waals surface area contributed by atoms with Crippen molar-refractivity contribution in [1.82, 2.24) is 4.90 Å². The number of halogens is 4. The van der Waals surface area contributed by atoms with Crippen molar-refractivity contribution in [3.63, 3.8) is 0 Å².